The third-order valence-corrected chi connectivity index (χ3v) is 3.59. The van der Waals surface area contributed by atoms with Gasteiger partial charge in [-0.3, -0.25) is 14.4 Å². The summed E-state index contributed by atoms with van der Waals surface area (Å²) in [4.78, 5) is 36.2. The molecular formula is C15H12O5. The average Bonchev–Trinajstić information content (AvgIpc) is 2.88. The van der Waals surface area contributed by atoms with Crippen LogP contribution in [-0.4, -0.2) is 37.4 Å². The number of esters is 1. The third-order valence-electron chi connectivity index (χ3n) is 3.59. The lowest BCUT2D eigenvalue weighted by Gasteiger charge is -2.18. The molecule has 5 heteroatoms. The summed E-state index contributed by atoms with van der Waals surface area (Å²) in [6.45, 7) is 0.0654. The first-order chi connectivity index (χ1) is 9.63. The molecule has 1 heterocycles. The van der Waals surface area contributed by atoms with Crippen LogP contribution in [0, 0.1) is 0 Å². The first kappa shape index (κ1) is 12.7. The Hall–Kier alpha value is -2.27. The quantitative estimate of drug-likeness (QED) is 0.759. The van der Waals surface area contributed by atoms with Crippen molar-refractivity contribution in [3.63, 3.8) is 0 Å². The molecule has 0 radical (unpaired) electrons. The van der Waals surface area contributed by atoms with Crippen molar-refractivity contribution in [2.24, 2.45) is 0 Å². The minimum absolute atomic E-state index is 0.0590. The van der Waals surface area contributed by atoms with Gasteiger partial charge in [-0.1, -0.05) is 24.3 Å². The average molecular weight is 272 g/mol. The van der Waals surface area contributed by atoms with Crippen LogP contribution in [0.25, 0.3) is 0 Å². The molecule has 0 spiro atoms. The van der Waals surface area contributed by atoms with Crippen LogP contribution < -0.4 is 0 Å². The number of benzene rings is 1. The van der Waals surface area contributed by atoms with E-state index in [1.165, 1.54) is 7.11 Å². The summed E-state index contributed by atoms with van der Waals surface area (Å²) in [5.74, 6) is -0.896. The van der Waals surface area contributed by atoms with Crippen molar-refractivity contribution in [1.82, 2.24) is 0 Å². The van der Waals surface area contributed by atoms with Crippen molar-refractivity contribution in [2.45, 2.75) is 12.5 Å². The van der Waals surface area contributed by atoms with Crippen molar-refractivity contribution in [3.05, 3.63) is 46.5 Å². The van der Waals surface area contributed by atoms with E-state index in [1.54, 1.807) is 24.3 Å². The lowest BCUT2D eigenvalue weighted by atomic mass is 9.83. The summed E-state index contributed by atoms with van der Waals surface area (Å²) in [6, 6.07) is 6.68. The van der Waals surface area contributed by atoms with Gasteiger partial charge in [0.25, 0.3) is 0 Å². The number of hydrogen-bond acceptors (Lipinski definition) is 5. The highest BCUT2D eigenvalue weighted by Crippen LogP contribution is 2.34. The zero-order valence-electron chi connectivity index (χ0n) is 10.8. The van der Waals surface area contributed by atoms with Crippen molar-refractivity contribution >= 4 is 17.5 Å². The molecule has 1 aliphatic heterocycles. The van der Waals surface area contributed by atoms with Gasteiger partial charge in [0, 0.05) is 22.3 Å². The standard InChI is InChI=1S/C15H12O5/c1-19-12(16)6-11-13-10(7-20-11)14(17)8-4-2-3-5-9(8)15(13)18/h2-5,11H,6-7H2,1H3. The second-order valence-electron chi connectivity index (χ2n) is 4.68. The third kappa shape index (κ3) is 1.78. The molecule has 1 aromatic rings. The number of ketones is 2. The Kier molecular flexibility index (Phi) is 2.99. The molecule has 1 atom stereocenters. The van der Waals surface area contributed by atoms with E-state index in [1.807, 2.05) is 0 Å². The fraction of sp³-hybridized carbons (Fsp3) is 0.267. The van der Waals surface area contributed by atoms with Crippen LogP contribution in [0.5, 0.6) is 0 Å². The Morgan fingerprint density at radius 3 is 2.55 bits per heavy atom. The lowest BCUT2D eigenvalue weighted by Crippen LogP contribution is -2.26. The van der Waals surface area contributed by atoms with E-state index < -0.39 is 12.1 Å². The van der Waals surface area contributed by atoms with Gasteiger partial charge < -0.3 is 9.47 Å². The summed E-state index contributed by atoms with van der Waals surface area (Å²) in [7, 11) is 1.27. The maximum Gasteiger partial charge on any atom is 0.308 e. The summed E-state index contributed by atoms with van der Waals surface area (Å²) < 4.78 is 10.0. The number of rotatable bonds is 2. The van der Waals surface area contributed by atoms with E-state index >= 15 is 0 Å². The van der Waals surface area contributed by atoms with E-state index in [0.29, 0.717) is 22.3 Å². The van der Waals surface area contributed by atoms with Crippen LogP contribution in [0.2, 0.25) is 0 Å². The predicted octanol–water partition coefficient (Wildman–Crippen LogP) is 1.32. The maximum absolute atomic E-state index is 12.5. The number of carbonyl (C=O) groups excluding carboxylic acids is 3. The van der Waals surface area contributed by atoms with Gasteiger partial charge in [0.1, 0.15) is 0 Å². The van der Waals surface area contributed by atoms with E-state index in [0.717, 1.165) is 0 Å². The Labute approximate surface area is 115 Å². The zero-order chi connectivity index (χ0) is 14.3. The molecule has 1 aromatic carbocycles. The van der Waals surface area contributed by atoms with Crippen LogP contribution in [0.3, 0.4) is 0 Å². The molecule has 0 bridgehead atoms. The van der Waals surface area contributed by atoms with E-state index in [2.05, 4.69) is 4.74 Å². The molecule has 0 fully saturated rings. The maximum atomic E-state index is 12.5. The van der Waals surface area contributed by atoms with Gasteiger partial charge in [0.2, 0.25) is 0 Å². The number of ether oxygens (including phenoxy) is 2. The molecule has 20 heavy (non-hydrogen) atoms. The molecule has 2 aliphatic rings. The monoisotopic (exact) mass is 272 g/mol. The number of carbonyl (C=O) groups is 3. The molecular weight excluding hydrogens is 260 g/mol. The highest BCUT2D eigenvalue weighted by atomic mass is 16.5. The van der Waals surface area contributed by atoms with Crippen LogP contribution >= 0.6 is 0 Å². The van der Waals surface area contributed by atoms with Crippen molar-refractivity contribution in [1.29, 1.82) is 0 Å². The van der Waals surface area contributed by atoms with Crippen LogP contribution in [-0.2, 0) is 14.3 Å². The molecule has 0 saturated heterocycles. The molecule has 0 aromatic heterocycles. The van der Waals surface area contributed by atoms with Crippen molar-refractivity contribution in [2.75, 3.05) is 13.7 Å². The van der Waals surface area contributed by atoms with Gasteiger partial charge in [0.05, 0.1) is 26.2 Å². The number of fused-ring (bicyclic) bond motifs is 1. The molecule has 1 unspecified atom stereocenters. The Morgan fingerprint density at radius 2 is 1.90 bits per heavy atom. The van der Waals surface area contributed by atoms with Crippen LogP contribution in [0.1, 0.15) is 27.1 Å². The normalized spacial score (nSPS) is 20.8. The molecule has 0 amide bonds. The highest BCUT2D eigenvalue weighted by molar-refractivity contribution is 6.27. The van der Waals surface area contributed by atoms with Crippen molar-refractivity contribution in [3.8, 4) is 0 Å². The molecule has 5 nitrogen and oxygen atoms in total. The van der Waals surface area contributed by atoms with Crippen molar-refractivity contribution < 1.29 is 23.9 Å². The van der Waals surface area contributed by atoms with Gasteiger partial charge in [-0.25, -0.2) is 0 Å². The van der Waals surface area contributed by atoms with Gasteiger partial charge in [-0.2, -0.15) is 0 Å². The van der Waals surface area contributed by atoms with E-state index in [-0.39, 0.29) is 24.6 Å². The fourth-order valence-corrected chi connectivity index (χ4v) is 2.59. The van der Waals surface area contributed by atoms with Crippen LogP contribution in [0.4, 0.5) is 0 Å². The summed E-state index contributed by atoms with van der Waals surface area (Å²) in [6.07, 6.45) is -0.751. The largest absolute Gasteiger partial charge is 0.469 e. The van der Waals surface area contributed by atoms with Gasteiger partial charge >= 0.3 is 5.97 Å². The fourth-order valence-electron chi connectivity index (χ4n) is 2.59. The second kappa shape index (κ2) is 4.68. The second-order valence-corrected chi connectivity index (χ2v) is 4.68. The molecule has 102 valence electrons. The van der Waals surface area contributed by atoms with E-state index in [4.69, 9.17) is 4.74 Å². The first-order valence-electron chi connectivity index (χ1n) is 6.23. The minimum atomic E-state index is -0.692. The molecule has 1 aliphatic carbocycles. The summed E-state index contributed by atoms with van der Waals surface area (Å²) in [5, 5.41) is 0. The number of hydrogen-bond donors (Lipinski definition) is 0. The van der Waals surface area contributed by atoms with E-state index in [9.17, 15) is 14.4 Å². The molecule has 0 saturated carbocycles. The van der Waals surface area contributed by atoms with Gasteiger partial charge in [-0.05, 0) is 0 Å². The smallest absolute Gasteiger partial charge is 0.308 e. The van der Waals surface area contributed by atoms with Crippen LogP contribution in [0.15, 0.2) is 35.4 Å². The summed E-state index contributed by atoms with van der Waals surface area (Å²) in [5.41, 5.74) is 1.44. The highest BCUT2D eigenvalue weighted by Gasteiger charge is 2.41. The van der Waals surface area contributed by atoms with Gasteiger partial charge in [-0.15, -0.1) is 0 Å². The topological polar surface area (TPSA) is 69.7 Å². The summed E-state index contributed by atoms with van der Waals surface area (Å²) >= 11 is 0. The predicted molar refractivity (Wildman–Crippen MR) is 68.5 cm³/mol. The molecule has 0 N–H and O–H groups in total. The Bertz CT molecular complexity index is 656. The Morgan fingerprint density at radius 1 is 1.25 bits per heavy atom. The zero-order valence-corrected chi connectivity index (χ0v) is 10.8. The number of Topliss-reactive ketones (excluding diaryl/α,β-unsaturated/α-hetero) is 2. The Balaban J connectivity index is 2.02. The molecule has 3 rings (SSSR count). The minimum Gasteiger partial charge on any atom is -0.469 e. The van der Waals surface area contributed by atoms with Gasteiger partial charge in [0.15, 0.2) is 11.6 Å². The lowest BCUT2D eigenvalue weighted by molar-refractivity contribution is -0.142. The first-order valence-corrected chi connectivity index (χ1v) is 6.23. The number of methoxy groups -OCH3 is 1. The SMILES string of the molecule is COC(=O)CC1OCC2=C1C(=O)c1ccccc1C2=O.